The molecule has 0 aromatic heterocycles. The number of methoxy groups -OCH3 is 1. The third kappa shape index (κ3) is 2.12. The van der Waals surface area contributed by atoms with Gasteiger partial charge >= 0.3 is 6.03 Å². The van der Waals surface area contributed by atoms with Crippen LogP contribution < -0.4 is 15.8 Å². The van der Waals surface area contributed by atoms with E-state index in [4.69, 9.17) is 5.73 Å². The quantitative estimate of drug-likeness (QED) is 0.743. The van der Waals surface area contributed by atoms with Crippen LogP contribution in [0.1, 0.15) is 0 Å². The summed E-state index contributed by atoms with van der Waals surface area (Å²) in [5.41, 5.74) is 4.11. The smallest absolute Gasteiger partial charge is 0.316 e. The Morgan fingerprint density at radius 3 is 2.47 bits per heavy atom. The zero-order chi connectivity index (χ0) is 11.6. The number of rotatable bonds is 2. The van der Waals surface area contributed by atoms with Gasteiger partial charge < -0.3 is 15.8 Å². The van der Waals surface area contributed by atoms with Gasteiger partial charge in [0.15, 0.2) is 17.4 Å². The second-order valence-corrected chi connectivity index (χ2v) is 2.56. The first-order valence-corrected chi connectivity index (χ1v) is 3.75. The maximum absolute atomic E-state index is 13.3. The molecule has 0 atom stereocenters. The largest absolute Gasteiger partial charge is 0.491 e. The molecule has 0 saturated carbocycles. The minimum Gasteiger partial charge on any atom is -0.491 e. The molecule has 0 aliphatic heterocycles. The predicted octanol–water partition coefficient (Wildman–Crippen LogP) is 1.60. The molecule has 7 heteroatoms. The zero-order valence-electron chi connectivity index (χ0n) is 7.61. The van der Waals surface area contributed by atoms with Crippen LogP contribution in [0.5, 0.6) is 5.75 Å². The average molecular weight is 220 g/mol. The summed E-state index contributed by atoms with van der Waals surface area (Å²) in [7, 11) is 0.967. The van der Waals surface area contributed by atoms with E-state index in [2.05, 4.69) is 4.74 Å². The van der Waals surface area contributed by atoms with Crippen molar-refractivity contribution in [2.75, 3.05) is 12.4 Å². The zero-order valence-corrected chi connectivity index (χ0v) is 7.61. The number of ether oxygens (including phenoxy) is 1. The van der Waals surface area contributed by atoms with Crippen LogP contribution in [-0.2, 0) is 0 Å². The van der Waals surface area contributed by atoms with E-state index in [9.17, 15) is 18.0 Å². The first-order chi connectivity index (χ1) is 6.97. The van der Waals surface area contributed by atoms with Crippen molar-refractivity contribution in [3.05, 3.63) is 23.5 Å². The summed E-state index contributed by atoms with van der Waals surface area (Å²) in [4.78, 5) is 10.4. The molecular formula is C8H7F3N2O2. The van der Waals surface area contributed by atoms with Crippen LogP contribution in [0, 0.1) is 17.5 Å². The molecule has 1 aromatic carbocycles. The monoisotopic (exact) mass is 220 g/mol. The SMILES string of the molecule is COc1c(F)c(F)cc(NC(N)=O)c1F. The maximum atomic E-state index is 13.3. The number of halogens is 3. The third-order valence-corrected chi connectivity index (χ3v) is 1.58. The topological polar surface area (TPSA) is 64.3 Å². The summed E-state index contributed by atoms with van der Waals surface area (Å²) in [5, 5.41) is 1.79. The Balaban J connectivity index is 3.30. The van der Waals surface area contributed by atoms with Crippen molar-refractivity contribution in [1.29, 1.82) is 0 Å². The molecule has 0 fully saturated rings. The molecule has 0 saturated heterocycles. The second kappa shape index (κ2) is 4.07. The van der Waals surface area contributed by atoms with Crippen LogP contribution >= 0.6 is 0 Å². The fourth-order valence-electron chi connectivity index (χ4n) is 0.983. The summed E-state index contributed by atoms with van der Waals surface area (Å²) >= 11 is 0. The van der Waals surface area contributed by atoms with Gasteiger partial charge in [-0.3, -0.25) is 0 Å². The highest BCUT2D eigenvalue weighted by atomic mass is 19.2. The third-order valence-electron chi connectivity index (χ3n) is 1.58. The molecule has 0 heterocycles. The van der Waals surface area contributed by atoms with Crippen molar-refractivity contribution in [2.24, 2.45) is 5.73 Å². The van der Waals surface area contributed by atoms with Crippen LogP contribution in [0.15, 0.2) is 6.07 Å². The van der Waals surface area contributed by atoms with Crippen LogP contribution in [-0.4, -0.2) is 13.1 Å². The molecule has 0 bridgehead atoms. The van der Waals surface area contributed by atoms with E-state index in [0.717, 1.165) is 7.11 Å². The maximum Gasteiger partial charge on any atom is 0.316 e. The van der Waals surface area contributed by atoms with Gasteiger partial charge in [-0.15, -0.1) is 0 Å². The Morgan fingerprint density at radius 2 is 2.00 bits per heavy atom. The fourth-order valence-corrected chi connectivity index (χ4v) is 0.983. The van der Waals surface area contributed by atoms with Crippen LogP contribution in [0.25, 0.3) is 0 Å². The number of nitrogens with two attached hydrogens (primary N) is 1. The normalized spacial score (nSPS) is 9.87. The van der Waals surface area contributed by atoms with Gasteiger partial charge in [0.2, 0.25) is 5.82 Å². The lowest BCUT2D eigenvalue weighted by atomic mass is 10.2. The van der Waals surface area contributed by atoms with Crippen LogP contribution in [0.4, 0.5) is 23.7 Å². The summed E-state index contributed by atoms with van der Waals surface area (Å²) < 4.78 is 43.3. The molecule has 0 aliphatic carbocycles. The molecule has 0 unspecified atom stereocenters. The van der Waals surface area contributed by atoms with Crippen molar-refractivity contribution in [3.8, 4) is 5.75 Å². The number of carbonyl (C=O) groups excluding carboxylic acids is 1. The number of hydrogen-bond acceptors (Lipinski definition) is 2. The summed E-state index contributed by atoms with van der Waals surface area (Å²) in [6, 6.07) is -0.625. The van der Waals surface area contributed by atoms with E-state index in [-0.39, 0.29) is 0 Å². The van der Waals surface area contributed by atoms with Crippen molar-refractivity contribution >= 4 is 11.7 Å². The highest BCUT2D eigenvalue weighted by Crippen LogP contribution is 2.29. The van der Waals surface area contributed by atoms with E-state index in [0.29, 0.717) is 6.07 Å². The Kier molecular flexibility index (Phi) is 3.03. The first kappa shape index (κ1) is 11.2. The summed E-state index contributed by atoms with van der Waals surface area (Å²) in [5.74, 6) is -4.96. The molecule has 15 heavy (non-hydrogen) atoms. The molecule has 82 valence electrons. The van der Waals surface area contributed by atoms with Gasteiger partial charge in [0.05, 0.1) is 12.8 Å². The highest BCUT2D eigenvalue weighted by molar-refractivity contribution is 5.88. The molecule has 0 aliphatic rings. The summed E-state index contributed by atoms with van der Waals surface area (Å²) in [6.07, 6.45) is 0. The Labute approximate surface area is 82.8 Å². The lowest BCUT2D eigenvalue weighted by Gasteiger charge is -2.09. The molecule has 1 rings (SSSR count). The molecule has 1 aromatic rings. The van der Waals surface area contributed by atoms with Crippen LogP contribution in [0.2, 0.25) is 0 Å². The molecule has 2 amide bonds. The first-order valence-electron chi connectivity index (χ1n) is 3.75. The van der Waals surface area contributed by atoms with Gasteiger partial charge in [-0.25, -0.2) is 13.6 Å². The Hall–Kier alpha value is -1.92. The predicted molar refractivity (Wildman–Crippen MR) is 46.1 cm³/mol. The van der Waals surface area contributed by atoms with E-state index >= 15 is 0 Å². The van der Waals surface area contributed by atoms with Gasteiger partial charge in [-0.05, 0) is 0 Å². The number of hydrogen-bond donors (Lipinski definition) is 2. The number of benzene rings is 1. The number of primary amides is 1. The standard InChI is InChI=1S/C8H7F3N2O2/c1-15-7-5(10)3(9)2-4(6(7)11)13-8(12)14/h2H,1H3,(H3,12,13,14). The van der Waals surface area contributed by atoms with Crippen molar-refractivity contribution in [2.45, 2.75) is 0 Å². The molecular weight excluding hydrogens is 213 g/mol. The van der Waals surface area contributed by atoms with Gasteiger partial charge in [0.25, 0.3) is 0 Å². The van der Waals surface area contributed by atoms with Gasteiger partial charge in [-0.2, -0.15) is 4.39 Å². The average Bonchev–Trinajstić information content (AvgIpc) is 2.14. The summed E-state index contributed by atoms with van der Waals surface area (Å²) in [6.45, 7) is 0. The number of urea groups is 1. The van der Waals surface area contributed by atoms with Crippen molar-refractivity contribution in [3.63, 3.8) is 0 Å². The fraction of sp³-hybridized carbons (Fsp3) is 0.125. The van der Waals surface area contributed by atoms with Crippen LogP contribution in [0.3, 0.4) is 0 Å². The van der Waals surface area contributed by atoms with E-state index in [1.807, 2.05) is 0 Å². The number of carbonyl (C=O) groups is 1. The molecule has 0 spiro atoms. The molecule has 0 radical (unpaired) electrons. The van der Waals surface area contributed by atoms with Gasteiger partial charge in [-0.1, -0.05) is 0 Å². The lowest BCUT2D eigenvalue weighted by Crippen LogP contribution is -2.20. The lowest BCUT2D eigenvalue weighted by molar-refractivity contribution is 0.259. The molecule has 4 nitrogen and oxygen atoms in total. The van der Waals surface area contributed by atoms with Crippen molar-refractivity contribution in [1.82, 2.24) is 0 Å². The molecule has 3 N–H and O–H groups in total. The van der Waals surface area contributed by atoms with Gasteiger partial charge in [0, 0.05) is 6.07 Å². The number of nitrogens with one attached hydrogen (secondary N) is 1. The van der Waals surface area contributed by atoms with Gasteiger partial charge in [0.1, 0.15) is 0 Å². The van der Waals surface area contributed by atoms with E-state index < -0.39 is 34.9 Å². The number of anilines is 1. The minimum atomic E-state index is -1.47. The van der Waals surface area contributed by atoms with E-state index in [1.54, 1.807) is 5.32 Å². The highest BCUT2D eigenvalue weighted by Gasteiger charge is 2.20. The second-order valence-electron chi connectivity index (χ2n) is 2.56. The number of amides is 2. The minimum absolute atomic E-state index is 0.470. The Bertz CT molecular complexity index is 409. The van der Waals surface area contributed by atoms with Crippen molar-refractivity contribution < 1.29 is 22.7 Å². The Morgan fingerprint density at radius 1 is 1.40 bits per heavy atom. The van der Waals surface area contributed by atoms with E-state index in [1.165, 1.54) is 0 Å².